The Morgan fingerprint density at radius 3 is 2.61 bits per heavy atom. The number of hydrogen-bond donors (Lipinski definition) is 1. The average molecular weight is 495 g/mol. The number of hydrogen-bond acceptors (Lipinski definition) is 5. The molecule has 1 aliphatic heterocycles. The minimum absolute atomic E-state index is 0.00280. The van der Waals surface area contributed by atoms with E-state index in [1.165, 1.54) is 17.9 Å². The molecule has 0 radical (unpaired) electrons. The van der Waals surface area contributed by atoms with Crippen LogP contribution in [-0.2, 0) is 11.3 Å². The molecule has 0 atom stereocenters. The molecule has 1 fully saturated rings. The number of rotatable bonds is 7. The lowest BCUT2D eigenvalue weighted by atomic mass is 9.83. The van der Waals surface area contributed by atoms with Gasteiger partial charge in [0.15, 0.2) is 11.6 Å². The van der Waals surface area contributed by atoms with E-state index in [-0.39, 0.29) is 23.9 Å². The van der Waals surface area contributed by atoms with Crippen molar-refractivity contribution in [3.8, 4) is 29.2 Å². The average Bonchev–Trinajstić information content (AvgIpc) is 3.20. The van der Waals surface area contributed by atoms with E-state index in [4.69, 9.17) is 9.47 Å². The Balaban J connectivity index is 1.21. The van der Waals surface area contributed by atoms with Gasteiger partial charge in [-0.05, 0) is 55.4 Å². The van der Waals surface area contributed by atoms with Gasteiger partial charge in [0.05, 0.1) is 25.3 Å². The summed E-state index contributed by atoms with van der Waals surface area (Å²) < 4.78 is 25.9. The van der Waals surface area contributed by atoms with Gasteiger partial charge in [-0.1, -0.05) is 18.1 Å². The van der Waals surface area contributed by atoms with E-state index >= 15 is 0 Å². The normalized spacial score (nSPS) is 18.8. The number of amides is 2. The summed E-state index contributed by atoms with van der Waals surface area (Å²) in [7, 11) is 1.74. The summed E-state index contributed by atoms with van der Waals surface area (Å²) in [5.41, 5.74) is 0.464. The Kier molecular flexibility index (Phi) is 7.99. The molecule has 0 spiro atoms. The molecule has 190 valence electrons. The first kappa shape index (κ1) is 25.4. The molecule has 1 heterocycles. The summed E-state index contributed by atoms with van der Waals surface area (Å²) in [6.07, 6.45) is 3.78. The molecule has 36 heavy (non-hydrogen) atoms. The highest BCUT2D eigenvalue weighted by Crippen LogP contribution is 2.31. The van der Waals surface area contributed by atoms with Crippen LogP contribution in [0.5, 0.6) is 17.2 Å². The third kappa shape index (κ3) is 6.09. The molecule has 0 saturated heterocycles. The van der Waals surface area contributed by atoms with E-state index in [1.807, 2.05) is 24.3 Å². The number of carbonyl (C=O) groups is 2. The maximum atomic E-state index is 14.1. The van der Waals surface area contributed by atoms with Crippen LogP contribution in [0.15, 0.2) is 36.4 Å². The molecule has 0 aromatic heterocycles. The van der Waals surface area contributed by atoms with E-state index in [9.17, 15) is 19.1 Å². The molecule has 1 aliphatic carbocycles. The van der Waals surface area contributed by atoms with E-state index in [0.29, 0.717) is 37.0 Å². The predicted molar refractivity (Wildman–Crippen MR) is 132 cm³/mol. The number of nitrogens with zero attached hydrogens (tertiary/aromatic N) is 2. The van der Waals surface area contributed by atoms with Gasteiger partial charge in [-0.2, -0.15) is 0 Å². The van der Waals surface area contributed by atoms with E-state index in [2.05, 4.69) is 12.0 Å². The third-order valence-electron chi connectivity index (χ3n) is 6.77. The van der Waals surface area contributed by atoms with Gasteiger partial charge in [0.25, 0.3) is 5.91 Å². The first-order valence-corrected chi connectivity index (χ1v) is 12.2. The molecule has 0 unspecified atom stereocenters. The van der Waals surface area contributed by atoms with Crippen molar-refractivity contribution in [1.29, 1.82) is 0 Å². The summed E-state index contributed by atoms with van der Waals surface area (Å²) in [6.45, 7) is 3.30. The fourth-order valence-corrected chi connectivity index (χ4v) is 4.40. The highest BCUT2D eigenvalue weighted by Gasteiger charge is 2.31. The molecule has 2 aliphatic rings. The van der Waals surface area contributed by atoms with Crippen molar-refractivity contribution in [1.82, 2.24) is 9.80 Å². The lowest BCUT2D eigenvalue weighted by molar-refractivity contribution is -0.127. The highest BCUT2D eigenvalue weighted by molar-refractivity contribution is 6.00. The fourth-order valence-electron chi connectivity index (χ4n) is 4.40. The first-order chi connectivity index (χ1) is 17.3. The van der Waals surface area contributed by atoms with Crippen molar-refractivity contribution >= 4 is 11.8 Å². The van der Waals surface area contributed by atoms with Gasteiger partial charge >= 0.3 is 0 Å². The number of benzene rings is 2. The molecule has 8 heteroatoms. The predicted octanol–water partition coefficient (Wildman–Crippen LogP) is 4.19. The topological polar surface area (TPSA) is 79.3 Å². The van der Waals surface area contributed by atoms with Crippen LogP contribution < -0.4 is 9.47 Å². The second-order valence-corrected chi connectivity index (χ2v) is 9.37. The van der Waals surface area contributed by atoms with Crippen molar-refractivity contribution in [2.24, 2.45) is 11.8 Å². The second kappa shape index (κ2) is 11.3. The van der Waals surface area contributed by atoms with Crippen molar-refractivity contribution in [3.63, 3.8) is 0 Å². The van der Waals surface area contributed by atoms with E-state index in [0.717, 1.165) is 31.4 Å². The molecular weight excluding hydrogens is 463 g/mol. The van der Waals surface area contributed by atoms with Crippen LogP contribution in [0.4, 0.5) is 4.39 Å². The van der Waals surface area contributed by atoms with Crippen molar-refractivity contribution < 1.29 is 28.6 Å². The number of halogens is 1. The number of phenols is 1. The minimum atomic E-state index is -0.875. The largest absolute Gasteiger partial charge is 0.505 e. The molecule has 1 saturated carbocycles. The Morgan fingerprint density at radius 1 is 1.17 bits per heavy atom. The van der Waals surface area contributed by atoms with Crippen LogP contribution in [0, 0.1) is 29.6 Å². The summed E-state index contributed by atoms with van der Waals surface area (Å²) >= 11 is 0. The van der Waals surface area contributed by atoms with Crippen LogP contribution >= 0.6 is 0 Å². The van der Waals surface area contributed by atoms with Crippen molar-refractivity contribution in [2.75, 3.05) is 26.8 Å². The SMILES string of the molecule is CC(=O)N(C)CCOc1cccc(OCC2CCC(C#CN3Cc4ccc(O)c(F)c4C3=O)CC2)c1. The van der Waals surface area contributed by atoms with Crippen LogP contribution in [0.25, 0.3) is 0 Å². The minimum Gasteiger partial charge on any atom is -0.505 e. The number of aromatic hydroxyl groups is 1. The summed E-state index contributed by atoms with van der Waals surface area (Å²) in [4.78, 5) is 26.7. The standard InChI is InChI=1S/C28H31FN2O5/c1-19(32)30(2)14-15-35-23-4-3-5-24(16-23)36-18-21-8-6-20(7-9-21)12-13-31-17-22-10-11-25(33)27(29)26(22)28(31)34/h3-5,10-11,16,20-21,33H,6-9,14-15,17-18H2,1-2H3. The van der Waals surface area contributed by atoms with Crippen molar-refractivity contribution in [2.45, 2.75) is 39.2 Å². The molecule has 2 aromatic carbocycles. The molecular formula is C28H31FN2O5. The van der Waals surface area contributed by atoms with Gasteiger partial charge in [0.1, 0.15) is 18.1 Å². The summed E-state index contributed by atoms with van der Waals surface area (Å²) in [5, 5.41) is 9.54. The lowest BCUT2D eigenvalue weighted by Gasteiger charge is -2.25. The van der Waals surface area contributed by atoms with E-state index in [1.54, 1.807) is 18.0 Å². The zero-order chi connectivity index (χ0) is 25.7. The fraction of sp³-hybridized carbons (Fsp3) is 0.429. The molecule has 0 bridgehead atoms. The zero-order valence-electron chi connectivity index (χ0n) is 20.6. The molecule has 1 N–H and O–H groups in total. The van der Waals surface area contributed by atoms with Crippen LogP contribution in [0.3, 0.4) is 0 Å². The van der Waals surface area contributed by atoms with Crippen LogP contribution in [-0.4, -0.2) is 53.5 Å². The Labute approximate surface area is 210 Å². The van der Waals surface area contributed by atoms with Gasteiger partial charge in [0.2, 0.25) is 5.91 Å². The highest BCUT2D eigenvalue weighted by atomic mass is 19.1. The Bertz CT molecular complexity index is 1180. The molecule has 2 amide bonds. The van der Waals surface area contributed by atoms with Crippen LogP contribution in [0.2, 0.25) is 0 Å². The number of likely N-dealkylation sites (N-methyl/N-ethyl adjacent to an activating group) is 1. The Morgan fingerprint density at radius 2 is 1.89 bits per heavy atom. The lowest BCUT2D eigenvalue weighted by Crippen LogP contribution is -2.28. The number of ether oxygens (including phenoxy) is 2. The van der Waals surface area contributed by atoms with Gasteiger partial charge in [-0.3, -0.25) is 14.5 Å². The van der Waals surface area contributed by atoms with Crippen LogP contribution in [0.1, 0.15) is 48.5 Å². The Hall–Kier alpha value is -3.73. The van der Waals surface area contributed by atoms with Gasteiger partial charge in [-0.25, -0.2) is 4.39 Å². The van der Waals surface area contributed by atoms with Gasteiger partial charge < -0.3 is 19.5 Å². The number of phenolic OH excluding ortho intramolecular Hbond substituents is 1. The molecule has 2 aromatic rings. The summed E-state index contributed by atoms with van der Waals surface area (Å²) in [6, 6.07) is 13.3. The summed E-state index contributed by atoms with van der Waals surface area (Å²) in [5.74, 6) is 3.36. The third-order valence-corrected chi connectivity index (χ3v) is 6.77. The smallest absolute Gasteiger partial charge is 0.269 e. The zero-order valence-corrected chi connectivity index (χ0v) is 20.6. The molecule has 4 rings (SSSR count). The van der Waals surface area contributed by atoms with E-state index < -0.39 is 17.5 Å². The maximum Gasteiger partial charge on any atom is 0.269 e. The van der Waals surface area contributed by atoms with Crippen molar-refractivity contribution in [3.05, 3.63) is 53.3 Å². The molecule has 7 nitrogen and oxygen atoms in total. The number of carbonyl (C=O) groups excluding carboxylic acids is 2. The monoisotopic (exact) mass is 494 g/mol. The second-order valence-electron chi connectivity index (χ2n) is 9.37. The maximum absolute atomic E-state index is 14.1. The first-order valence-electron chi connectivity index (χ1n) is 12.2. The van der Waals surface area contributed by atoms with Gasteiger partial charge in [-0.15, -0.1) is 0 Å². The van der Waals surface area contributed by atoms with Gasteiger partial charge in [0, 0.05) is 32.0 Å². The quantitative estimate of drug-likeness (QED) is 0.584. The number of fused-ring (bicyclic) bond motifs is 1.